The van der Waals surface area contributed by atoms with Gasteiger partial charge in [-0.2, -0.15) is 0 Å². The third-order valence-corrected chi connectivity index (χ3v) is 2.78. The number of aromatic nitrogens is 1. The molecule has 1 unspecified atom stereocenters. The first-order valence-corrected chi connectivity index (χ1v) is 5.19. The van der Waals surface area contributed by atoms with Crippen molar-refractivity contribution in [1.29, 1.82) is 0 Å². The van der Waals surface area contributed by atoms with Crippen molar-refractivity contribution in [3.8, 4) is 0 Å². The molecule has 1 N–H and O–H groups in total. The lowest BCUT2D eigenvalue weighted by atomic mass is 10.0. The van der Waals surface area contributed by atoms with Crippen LogP contribution in [0.15, 0.2) is 24.5 Å². The van der Waals surface area contributed by atoms with Crippen LogP contribution in [0.4, 0.5) is 5.69 Å². The summed E-state index contributed by atoms with van der Waals surface area (Å²) in [6.45, 7) is 0.737. The molecule has 1 amide bonds. The molecule has 2 heterocycles. The second-order valence-electron chi connectivity index (χ2n) is 3.74. The fourth-order valence-electron chi connectivity index (χ4n) is 1.84. The summed E-state index contributed by atoms with van der Waals surface area (Å²) in [7, 11) is 1.93. The molecule has 1 atom stereocenters. The summed E-state index contributed by atoms with van der Waals surface area (Å²) < 4.78 is 0. The van der Waals surface area contributed by atoms with Gasteiger partial charge in [-0.1, -0.05) is 0 Å². The fourth-order valence-corrected chi connectivity index (χ4v) is 1.84. The summed E-state index contributed by atoms with van der Waals surface area (Å²) in [5.41, 5.74) is 0.891. The highest BCUT2D eigenvalue weighted by atomic mass is 16.2. The number of carbonyl (C=O) groups is 1. The first kappa shape index (κ1) is 10.1. The van der Waals surface area contributed by atoms with Gasteiger partial charge < -0.3 is 10.2 Å². The second kappa shape index (κ2) is 4.40. The predicted octanol–water partition coefficient (Wildman–Crippen LogP) is 0.796. The van der Waals surface area contributed by atoms with Crippen molar-refractivity contribution in [2.24, 2.45) is 0 Å². The van der Waals surface area contributed by atoms with Crippen LogP contribution >= 0.6 is 0 Å². The van der Waals surface area contributed by atoms with Crippen molar-refractivity contribution < 1.29 is 4.79 Å². The van der Waals surface area contributed by atoms with E-state index in [4.69, 9.17) is 0 Å². The van der Waals surface area contributed by atoms with Gasteiger partial charge in [0, 0.05) is 25.2 Å². The van der Waals surface area contributed by atoms with Gasteiger partial charge in [0.25, 0.3) is 0 Å². The van der Waals surface area contributed by atoms with Gasteiger partial charge in [-0.25, -0.2) is 0 Å². The minimum atomic E-state index is 0.189. The number of carbonyl (C=O) groups excluding carboxylic acids is 1. The summed E-state index contributed by atoms with van der Waals surface area (Å²) in [6.07, 6.45) is 4.98. The van der Waals surface area contributed by atoms with Crippen LogP contribution in [-0.2, 0) is 4.79 Å². The number of nitrogens with zero attached hydrogens (tertiary/aromatic N) is 2. The van der Waals surface area contributed by atoms with E-state index >= 15 is 0 Å². The van der Waals surface area contributed by atoms with E-state index in [2.05, 4.69) is 10.3 Å². The van der Waals surface area contributed by atoms with Crippen LogP contribution in [0.25, 0.3) is 0 Å². The largest absolute Gasteiger partial charge is 0.315 e. The molecule has 4 heteroatoms. The zero-order chi connectivity index (χ0) is 10.7. The van der Waals surface area contributed by atoms with E-state index in [0.29, 0.717) is 12.5 Å². The highest BCUT2D eigenvalue weighted by Gasteiger charge is 2.25. The topological polar surface area (TPSA) is 45.2 Å². The molecule has 15 heavy (non-hydrogen) atoms. The molecule has 1 aromatic heterocycles. The lowest BCUT2D eigenvalue weighted by Crippen LogP contribution is -2.47. The molecule has 1 saturated heterocycles. The number of hydrogen-bond acceptors (Lipinski definition) is 3. The van der Waals surface area contributed by atoms with Gasteiger partial charge in [-0.15, -0.1) is 0 Å². The number of nitrogens with one attached hydrogen (secondary N) is 1. The van der Waals surface area contributed by atoms with E-state index in [1.54, 1.807) is 17.3 Å². The van der Waals surface area contributed by atoms with Gasteiger partial charge in [-0.05, 0) is 25.6 Å². The number of anilines is 1. The molecule has 80 valence electrons. The summed E-state index contributed by atoms with van der Waals surface area (Å²) in [4.78, 5) is 17.6. The Labute approximate surface area is 89.3 Å². The first-order valence-electron chi connectivity index (χ1n) is 5.19. The SMILES string of the molecule is CNC1CCC(=O)N(c2cccnc2)C1. The van der Waals surface area contributed by atoms with Crippen LogP contribution < -0.4 is 10.2 Å². The zero-order valence-electron chi connectivity index (χ0n) is 8.81. The molecule has 2 rings (SSSR count). The van der Waals surface area contributed by atoms with Crippen molar-refractivity contribution in [1.82, 2.24) is 10.3 Å². The smallest absolute Gasteiger partial charge is 0.227 e. The van der Waals surface area contributed by atoms with E-state index < -0.39 is 0 Å². The Hall–Kier alpha value is -1.42. The average Bonchev–Trinajstić information content (AvgIpc) is 2.31. The van der Waals surface area contributed by atoms with E-state index in [1.165, 1.54) is 0 Å². The highest BCUT2D eigenvalue weighted by Crippen LogP contribution is 2.19. The lowest BCUT2D eigenvalue weighted by molar-refractivity contribution is -0.119. The Balaban J connectivity index is 2.16. The standard InChI is InChI=1S/C11H15N3O/c1-12-9-4-5-11(15)14(8-9)10-3-2-6-13-7-10/h2-3,6-7,9,12H,4-5,8H2,1H3. The summed E-state index contributed by atoms with van der Waals surface area (Å²) >= 11 is 0. The minimum Gasteiger partial charge on any atom is -0.315 e. The lowest BCUT2D eigenvalue weighted by Gasteiger charge is -2.32. The number of piperidine rings is 1. The summed E-state index contributed by atoms with van der Waals surface area (Å²) in [5, 5.41) is 3.21. The summed E-state index contributed by atoms with van der Waals surface area (Å²) in [6, 6.07) is 4.16. The molecule has 0 aromatic carbocycles. The molecule has 0 spiro atoms. The highest BCUT2D eigenvalue weighted by molar-refractivity contribution is 5.94. The molecule has 1 fully saturated rings. The van der Waals surface area contributed by atoms with Gasteiger partial charge >= 0.3 is 0 Å². The number of amides is 1. The van der Waals surface area contributed by atoms with E-state index in [1.807, 2.05) is 19.2 Å². The molecule has 1 aliphatic heterocycles. The molecule has 1 aromatic rings. The Morgan fingerprint density at radius 2 is 2.47 bits per heavy atom. The third kappa shape index (κ3) is 2.15. The fraction of sp³-hybridized carbons (Fsp3) is 0.455. The number of hydrogen-bond donors (Lipinski definition) is 1. The summed E-state index contributed by atoms with van der Waals surface area (Å²) in [5.74, 6) is 0.189. The Bertz CT molecular complexity index is 339. The Kier molecular flexibility index (Phi) is 2.97. The number of rotatable bonds is 2. The van der Waals surface area contributed by atoms with Gasteiger partial charge in [0.15, 0.2) is 0 Å². The van der Waals surface area contributed by atoms with E-state index in [9.17, 15) is 4.79 Å². The normalized spacial score (nSPS) is 21.8. The maximum Gasteiger partial charge on any atom is 0.227 e. The van der Waals surface area contributed by atoms with Crippen LogP contribution in [0, 0.1) is 0 Å². The molecule has 0 radical (unpaired) electrons. The Morgan fingerprint density at radius 1 is 1.60 bits per heavy atom. The van der Waals surface area contributed by atoms with E-state index in [-0.39, 0.29) is 5.91 Å². The van der Waals surface area contributed by atoms with Gasteiger partial charge in [0.1, 0.15) is 0 Å². The second-order valence-corrected chi connectivity index (χ2v) is 3.74. The third-order valence-electron chi connectivity index (χ3n) is 2.78. The van der Waals surface area contributed by atoms with Crippen molar-refractivity contribution in [3.05, 3.63) is 24.5 Å². The number of likely N-dealkylation sites (N-methyl/N-ethyl adjacent to an activating group) is 1. The van der Waals surface area contributed by atoms with Crippen molar-refractivity contribution in [2.45, 2.75) is 18.9 Å². The van der Waals surface area contributed by atoms with Gasteiger partial charge in [-0.3, -0.25) is 9.78 Å². The quantitative estimate of drug-likeness (QED) is 0.776. The maximum atomic E-state index is 11.7. The van der Waals surface area contributed by atoms with Crippen molar-refractivity contribution in [3.63, 3.8) is 0 Å². The van der Waals surface area contributed by atoms with Crippen LogP contribution in [0.3, 0.4) is 0 Å². The molecule has 0 saturated carbocycles. The molecular formula is C11H15N3O. The van der Waals surface area contributed by atoms with Gasteiger partial charge in [0.05, 0.1) is 11.9 Å². The molecular weight excluding hydrogens is 190 g/mol. The van der Waals surface area contributed by atoms with Crippen molar-refractivity contribution >= 4 is 11.6 Å². The zero-order valence-corrected chi connectivity index (χ0v) is 8.81. The van der Waals surface area contributed by atoms with Gasteiger partial charge in [0.2, 0.25) is 5.91 Å². The van der Waals surface area contributed by atoms with Crippen LogP contribution in [-0.4, -0.2) is 30.5 Å². The number of pyridine rings is 1. The minimum absolute atomic E-state index is 0.189. The van der Waals surface area contributed by atoms with E-state index in [0.717, 1.165) is 18.7 Å². The molecule has 0 aliphatic carbocycles. The Morgan fingerprint density at radius 3 is 3.13 bits per heavy atom. The average molecular weight is 205 g/mol. The molecule has 0 bridgehead atoms. The monoisotopic (exact) mass is 205 g/mol. The maximum absolute atomic E-state index is 11.7. The van der Waals surface area contributed by atoms with Crippen LogP contribution in [0.2, 0.25) is 0 Å². The predicted molar refractivity (Wildman–Crippen MR) is 58.7 cm³/mol. The van der Waals surface area contributed by atoms with Crippen LogP contribution in [0.5, 0.6) is 0 Å². The van der Waals surface area contributed by atoms with Crippen LogP contribution in [0.1, 0.15) is 12.8 Å². The molecule has 1 aliphatic rings. The molecule has 4 nitrogen and oxygen atoms in total. The van der Waals surface area contributed by atoms with Crippen molar-refractivity contribution in [2.75, 3.05) is 18.5 Å². The first-order chi connectivity index (χ1) is 7.31.